The van der Waals surface area contributed by atoms with Crippen LogP contribution in [0.1, 0.15) is 50.5 Å². The summed E-state index contributed by atoms with van der Waals surface area (Å²) in [5.41, 5.74) is 7.49. The summed E-state index contributed by atoms with van der Waals surface area (Å²) in [6.45, 7) is 8.92. The van der Waals surface area contributed by atoms with Crippen LogP contribution in [0.25, 0.3) is 0 Å². The summed E-state index contributed by atoms with van der Waals surface area (Å²) in [6, 6.07) is 8.91. The number of nitrogens with two attached hydrogens (primary N) is 1. The molecule has 1 saturated heterocycles. The zero-order valence-corrected chi connectivity index (χ0v) is 22.8. The van der Waals surface area contributed by atoms with E-state index in [4.69, 9.17) is 43.8 Å². The van der Waals surface area contributed by atoms with Gasteiger partial charge >= 0.3 is 0 Å². The van der Waals surface area contributed by atoms with Gasteiger partial charge in [-0.05, 0) is 58.0 Å². The summed E-state index contributed by atoms with van der Waals surface area (Å²) in [6.07, 6.45) is 4.26. The number of nitrogens with zero attached hydrogens (tertiary/aromatic N) is 3. The van der Waals surface area contributed by atoms with Crippen molar-refractivity contribution in [1.29, 1.82) is 5.41 Å². The molecule has 10 heteroatoms. The van der Waals surface area contributed by atoms with Crippen LogP contribution < -0.4 is 15.4 Å². The molecule has 1 aliphatic rings. The molecule has 1 fully saturated rings. The highest BCUT2D eigenvalue weighted by atomic mass is 35.5. The van der Waals surface area contributed by atoms with Crippen molar-refractivity contribution in [3.05, 3.63) is 75.7 Å². The SMILES string of the molecule is C[C@@H](Oc1ccc(N)c(C(=N)c2ccc(N3CC(C)(OCC(C)(C)O)C3)nc2)c1)c1c(Cl)cncc1Cl. The maximum Gasteiger partial charge on any atom is 0.128 e. The summed E-state index contributed by atoms with van der Waals surface area (Å²) >= 11 is 12.5. The number of ether oxygens (including phenoxy) is 2. The van der Waals surface area contributed by atoms with E-state index < -0.39 is 11.7 Å². The molecular formula is C27H31Cl2N5O3. The Morgan fingerprint density at radius 2 is 1.86 bits per heavy atom. The molecule has 0 spiro atoms. The van der Waals surface area contributed by atoms with E-state index in [0.717, 1.165) is 5.82 Å². The minimum absolute atomic E-state index is 0.233. The molecule has 0 saturated carbocycles. The first-order valence-corrected chi connectivity index (χ1v) is 12.6. The number of anilines is 2. The molecule has 4 N–H and O–H groups in total. The molecule has 0 aliphatic carbocycles. The Balaban J connectivity index is 1.44. The van der Waals surface area contributed by atoms with E-state index in [9.17, 15) is 5.11 Å². The van der Waals surface area contributed by atoms with Crippen molar-refractivity contribution in [3.63, 3.8) is 0 Å². The molecule has 0 amide bonds. The fraction of sp³-hybridized carbons (Fsp3) is 0.370. The van der Waals surface area contributed by atoms with Gasteiger partial charge in [0.05, 0.1) is 28.0 Å². The highest BCUT2D eigenvalue weighted by Crippen LogP contribution is 2.34. The van der Waals surface area contributed by atoms with E-state index in [2.05, 4.69) is 14.9 Å². The number of aliphatic hydroxyl groups is 1. The largest absolute Gasteiger partial charge is 0.486 e. The first-order valence-electron chi connectivity index (χ1n) is 11.9. The van der Waals surface area contributed by atoms with Gasteiger partial charge in [0.25, 0.3) is 0 Å². The summed E-state index contributed by atoms with van der Waals surface area (Å²) in [5, 5.41) is 19.5. The number of halogens is 2. The van der Waals surface area contributed by atoms with E-state index in [1.165, 1.54) is 12.4 Å². The minimum Gasteiger partial charge on any atom is -0.486 e. The third-order valence-corrected chi connectivity index (χ3v) is 6.69. The molecule has 1 aromatic carbocycles. The van der Waals surface area contributed by atoms with Crippen molar-refractivity contribution in [3.8, 4) is 5.75 Å². The molecule has 8 nitrogen and oxygen atoms in total. The first-order chi connectivity index (χ1) is 17.3. The highest BCUT2D eigenvalue weighted by molar-refractivity contribution is 6.35. The predicted molar refractivity (Wildman–Crippen MR) is 147 cm³/mol. The first kappa shape index (κ1) is 27.1. The lowest BCUT2D eigenvalue weighted by atomic mass is 9.95. The Kier molecular flexibility index (Phi) is 7.67. The van der Waals surface area contributed by atoms with Gasteiger partial charge in [0, 0.05) is 54.1 Å². The van der Waals surface area contributed by atoms with Crippen LogP contribution in [-0.4, -0.2) is 51.7 Å². The topological polar surface area (TPSA) is 118 Å². The number of aromatic nitrogens is 2. The normalized spacial score (nSPS) is 15.7. The van der Waals surface area contributed by atoms with E-state index in [1.807, 2.05) is 26.0 Å². The molecule has 0 radical (unpaired) electrons. The molecule has 0 unspecified atom stereocenters. The van der Waals surface area contributed by atoms with Gasteiger partial charge in [-0.2, -0.15) is 0 Å². The van der Waals surface area contributed by atoms with Gasteiger partial charge in [0.1, 0.15) is 23.3 Å². The second-order valence-electron chi connectivity index (χ2n) is 10.2. The van der Waals surface area contributed by atoms with Gasteiger partial charge in [-0.1, -0.05) is 23.2 Å². The number of hydrogen-bond donors (Lipinski definition) is 3. The number of nitrogen functional groups attached to an aromatic ring is 1. The number of benzene rings is 1. The minimum atomic E-state index is -0.870. The second kappa shape index (κ2) is 10.5. The van der Waals surface area contributed by atoms with Gasteiger partial charge in [0.15, 0.2) is 0 Å². The fourth-order valence-electron chi connectivity index (χ4n) is 4.14. The smallest absolute Gasteiger partial charge is 0.128 e. The van der Waals surface area contributed by atoms with Crippen LogP contribution in [0.2, 0.25) is 10.0 Å². The lowest BCUT2D eigenvalue weighted by Crippen LogP contribution is -2.62. The third-order valence-electron chi connectivity index (χ3n) is 6.09. The zero-order valence-electron chi connectivity index (χ0n) is 21.3. The van der Waals surface area contributed by atoms with Crippen molar-refractivity contribution < 1.29 is 14.6 Å². The quantitative estimate of drug-likeness (QED) is 0.248. The molecule has 0 bridgehead atoms. The van der Waals surface area contributed by atoms with E-state index >= 15 is 0 Å². The molecular weight excluding hydrogens is 513 g/mol. The monoisotopic (exact) mass is 543 g/mol. The summed E-state index contributed by atoms with van der Waals surface area (Å²) in [7, 11) is 0. The zero-order chi connectivity index (χ0) is 27.0. The van der Waals surface area contributed by atoms with Crippen LogP contribution in [0.5, 0.6) is 5.75 Å². The van der Waals surface area contributed by atoms with Crippen LogP contribution in [-0.2, 0) is 4.74 Å². The molecule has 37 heavy (non-hydrogen) atoms. The lowest BCUT2D eigenvalue weighted by Gasteiger charge is -2.48. The Labute approximate surface area is 226 Å². The summed E-state index contributed by atoms with van der Waals surface area (Å²) in [5.74, 6) is 1.33. The summed E-state index contributed by atoms with van der Waals surface area (Å²) in [4.78, 5) is 10.6. The van der Waals surface area contributed by atoms with E-state index in [1.54, 1.807) is 38.2 Å². The predicted octanol–water partition coefficient (Wildman–Crippen LogP) is 5.29. The maximum absolute atomic E-state index is 9.91. The van der Waals surface area contributed by atoms with E-state index in [-0.39, 0.29) is 17.9 Å². The Morgan fingerprint density at radius 3 is 2.46 bits per heavy atom. The molecule has 3 aromatic rings. The standard InChI is InChI=1S/C27H31Cl2N5O3/c1-16(24-20(28)11-32-12-21(24)29)37-18-6-7-22(30)19(9-18)25(31)17-5-8-23(33-10-17)34-13-27(4,14-34)36-15-26(2,3)35/h5-12,16,31,35H,13-15,30H2,1-4H3/t16-/m1/s1. The Hall–Kier alpha value is -2.91. The van der Waals surface area contributed by atoms with Crippen molar-refractivity contribution >= 4 is 40.4 Å². The van der Waals surface area contributed by atoms with Gasteiger partial charge in [-0.25, -0.2) is 4.98 Å². The van der Waals surface area contributed by atoms with Crippen LogP contribution in [0.4, 0.5) is 11.5 Å². The Morgan fingerprint density at radius 1 is 1.19 bits per heavy atom. The second-order valence-corrected chi connectivity index (χ2v) is 11.0. The van der Waals surface area contributed by atoms with Crippen LogP contribution in [0.15, 0.2) is 48.9 Å². The van der Waals surface area contributed by atoms with Gasteiger partial charge in [-0.3, -0.25) is 10.4 Å². The Bertz CT molecular complexity index is 1270. The lowest BCUT2D eigenvalue weighted by molar-refractivity contribution is -0.110. The van der Waals surface area contributed by atoms with Crippen LogP contribution in [0.3, 0.4) is 0 Å². The average molecular weight is 544 g/mol. The number of hydrogen-bond acceptors (Lipinski definition) is 8. The number of pyridine rings is 2. The van der Waals surface area contributed by atoms with Crippen molar-refractivity contribution in [1.82, 2.24) is 9.97 Å². The number of nitrogens with one attached hydrogen (secondary N) is 1. The molecule has 196 valence electrons. The van der Waals surface area contributed by atoms with Crippen molar-refractivity contribution in [2.75, 3.05) is 30.3 Å². The highest BCUT2D eigenvalue weighted by Gasteiger charge is 2.41. The fourth-order valence-corrected chi connectivity index (χ4v) is 4.81. The van der Waals surface area contributed by atoms with Crippen molar-refractivity contribution in [2.24, 2.45) is 0 Å². The third kappa shape index (κ3) is 6.33. The molecule has 1 aliphatic heterocycles. The van der Waals surface area contributed by atoms with Crippen molar-refractivity contribution in [2.45, 2.75) is 45.0 Å². The molecule has 1 atom stereocenters. The maximum atomic E-state index is 9.91. The number of rotatable bonds is 9. The van der Waals surface area contributed by atoms with Gasteiger partial charge in [-0.15, -0.1) is 0 Å². The molecule has 3 heterocycles. The summed E-state index contributed by atoms with van der Waals surface area (Å²) < 4.78 is 12.0. The van der Waals surface area contributed by atoms with Crippen LogP contribution in [0, 0.1) is 5.41 Å². The van der Waals surface area contributed by atoms with Crippen LogP contribution >= 0.6 is 23.2 Å². The average Bonchev–Trinajstić information content (AvgIpc) is 2.81. The molecule has 4 rings (SSSR count). The van der Waals surface area contributed by atoms with E-state index in [0.29, 0.717) is 51.3 Å². The van der Waals surface area contributed by atoms with Gasteiger partial charge < -0.3 is 25.2 Å². The van der Waals surface area contributed by atoms with Gasteiger partial charge in [0.2, 0.25) is 0 Å². The molecule has 2 aromatic heterocycles.